The summed E-state index contributed by atoms with van der Waals surface area (Å²) < 4.78 is 51.4. The molecule has 20 rings (SSSR count). The van der Waals surface area contributed by atoms with Crippen molar-refractivity contribution in [2.45, 2.75) is 58.9 Å². The lowest BCUT2D eigenvalue weighted by molar-refractivity contribution is 0.590. The Kier molecular flexibility index (Phi) is 14.8. The second-order valence-electron chi connectivity index (χ2n) is 31.8. The maximum Gasteiger partial charge on any atom is 0.252 e. The number of rotatable bonds is 13. The van der Waals surface area contributed by atoms with Crippen LogP contribution in [0.2, 0.25) is 0 Å². The van der Waals surface area contributed by atoms with Gasteiger partial charge in [-0.15, -0.1) is 0 Å². The van der Waals surface area contributed by atoms with Gasteiger partial charge in [-0.25, -0.2) is 0 Å². The largest absolute Gasteiger partial charge is 0.338 e. The van der Waals surface area contributed by atoms with Gasteiger partial charge in [-0.2, -0.15) is 0 Å². The zero-order chi connectivity index (χ0) is 79.0. The molecular weight excluding hydrogens is 1340 g/mol. The average molecular weight is 1430 g/mol. The number of fused-ring (bicyclic) bond motifs is 10. The minimum Gasteiger partial charge on any atom is -0.338 e. The summed E-state index contributed by atoms with van der Waals surface area (Å²) >= 11 is 0. The van der Waals surface area contributed by atoms with Crippen molar-refractivity contribution >= 4 is 112 Å². The summed E-state index contributed by atoms with van der Waals surface area (Å²) in [6, 6.07) is 124. The molecule has 6 heteroatoms. The molecule has 0 bridgehead atoms. The molecule has 0 spiro atoms. The van der Waals surface area contributed by atoms with Crippen LogP contribution in [0.5, 0.6) is 0 Å². The molecule has 0 unspecified atom stereocenters. The van der Waals surface area contributed by atoms with Crippen LogP contribution >= 0.6 is 0 Å². The lowest BCUT2D eigenvalue weighted by Gasteiger charge is -2.45. The Morgan fingerprint density at radius 2 is 0.739 bits per heavy atom. The Labute approximate surface area is 657 Å². The average Bonchev–Trinajstić information content (AvgIpc) is 0.730. The van der Waals surface area contributed by atoms with E-state index >= 15 is 0 Å². The second-order valence-corrected chi connectivity index (χ2v) is 31.8. The van der Waals surface area contributed by atoms with E-state index in [1.807, 2.05) is 6.07 Å². The SMILES string of the molecule is [2H]c1c([2H])c([2H])c(-c2ccc3c(c2)N(Cc2cc(-c4ccccc4)cc(-c4ccccc4)c2)c2cc(-n4c5ccccc5c5cc(N(c6ccccc6)c6ccccc6)ccc54)cc4c2B3c2ccc(-n3c5ccc(C(C)(C)C)cc5c5cc(C(C)(C)C)ccc53)cc2N4c2cc(-c3ccccc3)cc(-c3ccccc3)c2)c([2H])c1[2H]. The van der Waals surface area contributed by atoms with E-state index < -0.39 is 12.8 Å². The highest BCUT2D eigenvalue weighted by atomic mass is 15.2. The van der Waals surface area contributed by atoms with Gasteiger partial charge in [-0.3, -0.25) is 0 Å². The van der Waals surface area contributed by atoms with E-state index in [4.69, 9.17) is 4.11 Å². The number of aromatic nitrogens is 2. The zero-order valence-corrected chi connectivity index (χ0v) is 62.9. The molecule has 2 aliphatic rings. The van der Waals surface area contributed by atoms with Crippen LogP contribution in [0.25, 0.3) is 111 Å². The first-order valence-electron chi connectivity index (χ1n) is 41.0. The number of para-hydroxylation sites is 3. The Morgan fingerprint density at radius 3 is 1.28 bits per heavy atom. The van der Waals surface area contributed by atoms with E-state index in [2.05, 4.69) is 405 Å². The Balaban J connectivity index is 0.926. The van der Waals surface area contributed by atoms with Crippen LogP contribution in [-0.4, -0.2) is 15.8 Å². The summed E-state index contributed by atoms with van der Waals surface area (Å²) in [5.41, 5.74) is 29.9. The van der Waals surface area contributed by atoms with Gasteiger partial charge in [-0.05, 0) is 239 Å². The van der Waals surface area contributed by atoms with Crippen LogP contribution in [0, 0.1) is 0 Å². The molecule has 0 radical (unpaired) electrons. The van der Waals surface area contributed by atoms with Crippen molar-refractivity contribution in [1.29, 1.82) is 0 Å². The fraction of sp³-hybridized carbons (Fsp3) is 0.0857. The number of benzene rings is 16. The van der Waals surface area contributed by atoms with Crippen LogP contribution in [0.1, 0.15) is 65.1 Å². The topological polar surface area (TPSA) is 19.6 Å². The summed E-state index contributed by atoms with van der Waals surface area (Å²) in [5.74, 6) is 0. The third-order valence-electron chi connectivity index (χ3n) is 22.8. The van der Waals surface area contributed by atoms with Gasteiger partial charge in [0.05, 0.1) is 34.6 Å². The van der Waals surface area contributed by atoms with Crippen molar-refractivity contribution in [2.75, 3.05) is 14.7 Å². The van der Waals surface area contributed by atoms with Crippen molar-refractivity contribution in [1.82, 2.24) is 9.13 Å². The van der Waals surface area contributed by atoms with E-state index in [9.17, 15) is 2.74 Å². The molecule has 0 aliphatic carbocycles. The molecule has 16 aromatic carbocycles. The van der Waals surface area contributed by atoms with E-state index in [0.717, 1.165) is 156 Å². The highest BCUT2D eigenvalue weighted by Crippen LogP contribution is 2.50. The van der Waals surface area contributed by atoms with Crippen molar-refractivity contribution < 1.29 is 6.85 Å². The third kappa shape index (κ3) is 11.8. The monoisotopic (exact) mass is 1430 g/mol. The first-order chi connectivity index (χ1) is 56.4. The Bertz CT molecular complexity index is 6700. The molecule has 5 nitrogen and oxygen atoms in total. The molecule has 0 saturated carbocycles. The fourth-order valence-corrected chi connectivity index (χ4v) is 17.4. The summed E-state index contributed by atoms with van der Waals surface area (Å²) in [6.07, 6.45) is 0. The standard InChI is InChI=1S/C105H82BN5/c1-104(2,3)81-47-53-96-90(63-81)91-64-82(105(4,5)6)48-54-97(91)109(96)86-49-52-94-100(66-86)111(87-60-79(74-36-20-10-21-37-74)59-80(61-87)75-38-22-11-23-39-75)102-68-88(110-95-45-29-28-44-89(95)92-65-85(50-55-98(92)110)108(83-40-24-12-25-41-83)84-42-26-13-27-43-84)67-101-103(102)106(94)93-51-46-76(71-30-14-7-15-31-71)62-99(93)107(101)69-70-56-77(72-32-16-8-17-33-72)58-78(57-70)73-34-18-9-19-35-73/h7-68H,69H2,1-6H3/i7D,14D,15D,30D,31D. The summed E-state index contributed by atoms with van der Waals surface area (Å²) in [5, 5.41) is 4.57. The molecule has 0 N–H and O–H groups in total. The van der Waals surface area contributed by atoms with Gasteiger partial charge in [0.15, 0.2) is 0 Å². The van der Waals surface area contributed by atoms with Crippen molar-refractivity contribution in [3.63, 3.8) is 0 Å². The molecule has 18 aromatic rings. The predicted molar refractivity (Wildman–Crippen MR) is 472 cm³/mol. The molecule has 0 saturated heterocycles. The summed E-state index contributed by atoms with van der Waals surface area (Å²) in [6.45, 7) is 13.7. The third-order valence-corrected chi connectivity index (χ3v) is 22.8. The van der Waals surface area contributed by atoms with Crippen LogP contribution in [0.4, 0.5) is 45.5 Å². The summed E-state index contributed by atoms with van der Waals surface area (Å²) in [4.78, 5) is 7.37. The minimum absolute atomic E-state index is 0.110. The molecule has 0 fully saturated rings. The second kappa shape index (κ2) is 26.8. The van der Waals surface area contributed by atoms with Gasteiger partial charge in [0, 0.05) is 79.3 Å². The molecule has 2 aliphatic heterocycles. The van der Waals surface area contributed by atoms with Crippen LogP contribution < -0.4 is 31.1 Å². The normalized spacial score (nSPS) is 13.2. The van der Waals surface area contributed by atoms with Crippen molar-refractivity contribution in [3.8, 4) is 67.0 Å². The maximum absolute atomic E-state index is 9.64. The molecule has 2 aromatic heterocycles. The number of hydrogen-bond donors (Lipinski definition) is 0. The highest BCUT2D eigenvalue weighted by molar-refractivity contribution is 7.00. The summed E-state index contributed by atoms with van der Waals surface area (Å²) in [7, 11) is 0. The van der Waals surface area contributed by atoms with Gasteiger partial charge in [0.25, 0.3) is 6.71 Å². The molecule has 530 valence electrons. The Hall–Kier alpha value is -13.4. The van der Waals surface area contributed by atoms with Gasteiger partial charge in [0.2, 0.25) is 0 Å². The van der Waals surface area contributed by atoms with E-state index in [-0.39, 0.29) is 40.6 Å². The number of nitrogens with zero attached hydrogens (tertiary/aromatic N) is 5. The lowest BCUT2D eigenvalue weighted by Crippen LogP contribution is -2.61. The van der Waals surface area contributed by atoms with Gasteiger partial charge >= 0.3 is 0 Å². The molecular formula is C105H82BN5. The zero-order valence-electron chi connectivity index (χ0n) is 67.9. The van der Waals surface area contributed by atoms with Gasteiger partial charge in [0.1, 0.15) is 0 Å². The predicted octanol–water partition coefficient (Wildman–Crippen LogP) is 26.2. The van der Waals surface area contributed by atoms with Crippen LogP contribution in [-0.2, 0) is 17.4 Å². The molecule has 111 heavy (non-hydrogen) atoms. The van der Waals surface area contributed by atoms with Gasteiger partial charge in [-0.1, -0.05) is 278 Å². The maximum atomic E-state index is 9.64. The van der Waals surface area contributed by atoms with Crippen LogP contribution in [0.15, 0.2) is 376 Å². The number of anilines is 8. The smallest absolute Gasteiger partial charge is 0.252 e. The molecule has 0 amide bonds. The van der Waals surface area contributed by atoms with E-state index in [0.29, 0.717) is 12.1 Å². The molecule has 0 atom stereocenters. The fourth-order valence-electron chi connectivity index (χ4n) is 17.4. The highest BCUT2D eigenvalue weighted by Gasteiger charge is 2.44. The van der Waals surface area contributed by atoms with E-state index in [1.54, 1.807) is 0 Å². The Morgan fingerprint density at radius 1 is 0.297 bits per heavy atom. The van der Waals surface area contributed by atoms with Gasteiger partial charge < -0.3 is 23.8 Å². The quantitative estimate of drug-likeness (QED) is 0.107. The van der Waals surface area contributed by atoms with Crippen molar-refractivity contribution in [2.24, 2.45) is 0 Å². The van der Waals surface area contributed by atoms with E-state index in [1.165, 1.54) is 21.9 Å². The van der Waals surface area contributed by atoms with Crippen molar-refractivity contribution in [3.05, 3.63) is 393 Å². The number of hydrogen-bond acceptors (Lipinski definition) is 3. The first-order valence-corrected chi connectivity index (χ1v) is 38.5. The lowest BCUT2D eigenvalue weighted by atomic mass is 9.33. The van der Waals surface area contributed by atoms with Crippen LogP contribution in [0.3, 0.4) is 0 Å². The first kappa shape index (κ1) is 61.6. The minimum atomic E-state index is -0.436. The molecule has 4 heterocycles.